The molecule has 90 valence electrons. The molecule has 0 bridgehead atoms. The van der Waals surface area contributed by atoms with Crippen LogP contribution in [0.4, 0.5) is 0 Å². The number of rotatable bonds is 3. The predicted molar refractivity (Wildman–Crippen MR) is 80.7 cm³/mol. The first kappa shape index (κ1) is 13.9. The van der Waals surface area contributed by atoms with E-state index in [0.717, 1.165) is 0 Å². The summed E-state index contributed by atoms with van der Waals surface area (Å²) < 4.78 is 0. The Morgan fingerprint density at radius 3 is 1.62 bits per heavy atom. The third-order valence-corrected chi connectivity index (χ3v) is 42.6. The Kier molecular flexibility index (Phi) is 3.69. The third kappa shape index (κ3) is 2.25. The zero-order chi connectivity index (χ0) is 12.6. The Labute approximate surface area is 102 Å². The molecule has 1 N–H and O–H groups in total. The molecule has 0 spiro atoms. The zero-order valence-corrected chi connectivity index (χ0v) is 14.3. The SMILES string of the molecule is C[Si](C)(C)[Si](C)(C)[Si](C)(O)c1ccccc1. The minimum absolute atomic E-state index is 1.22. The lowest BCUT2D eigenvalue weighted by Crippen LogP contribution is -2.75. The van der Waals surface area contributed by atoms with Gasteiger partial charge in [-0.3, -0.25) is 0 Å². The van der Waals surface area contributed by atoms with Crippen molar-refractivity contribution in [2.24, 2.45) is 0 Å². The molecule has 1 atom stereocenters. The first-order valence-corrected chi connectivity index (χ1v) is 16.8. The summed E-state index contributed by atoms with van der Waals surface area (Å²) in [7, 11) is -5.03. The third-order valence-electron chi connectivity index (χ3n) is 4.43. The topological polar surface area (TPSA) is 20.2 Å². The fraction of sp³-hybridized carbons (Fsp3) is 0.500. The van der Waals surface area contributed by atoms with Crippen LogP contribution in [0.2, 0.25) is 39.3 Å². The van der Waals surface area contributed by atoms with E-state index in [-0.39, 0.29) is 0 Å². The molecule has 0 aliphatic rings. The molecule has 1 nitrogen and oxygen atoms in total. The van der Waals surface area contributed by atoms with E-state index >= 15 is 0 Å². The van der Waals surface area contributed by atoms with Crippen molar-refractivity contribution in [3.63, 3.8) is 0 Å². The highest BCUT2D eigenvalue weighted by Gasteiger charge is 2.53. The van der Waals surface area contributed by atoms with Crippen LogP contribution >= 0.6 is 0 Å². The molecule has 0 heterocycles. The molecule has 0 aliphatic heterocycles. The van der Waals surface area contributed by atoms with E-state index in [2.05, 4.69) is 51.4 Å². The van der Waals surface area contributed by atoms with Gasteiger partial charge >= 0.3 is 0 Å². The molecular formula is C12H24OSi3. The summed E-state index contributed by atoms with van der Waals surface area (Å²) in [6, 6.07) is 10.3. The van der Waals surface area contributed by atoms with Crippen LogP contribution in [0.5, 0.6) is 0 Å². The highest BCUT2D eigenvalue weighted by atomic mass is 29.6. The second-order valence-corrected chi connectivity index (χ2v) is 33.2. The van der Waals surface area contributed by atoms with E-state index in [1.54, 1.807) is 0 Å². The van der Waals surface area contributed by atoms with Crippen molar-refractivity contribution in [3.8, 4) is 0 Å². The van der Waals surface area contributed by atoms with Gasteiger partial charge in [-0.1, -0.05) is 63.1 Å². The first-order valence-electron chi connectivity index (χ1n) is 5.88. The molecule has 1 unspecified atom stereocenters. The Morgan fingerprint density at radius 2 is 1.25 bits per heavy atom. The highest BCUT2D eigenvalue weighted by Crippen LogP contribution is 2.26. The van der Waals surface area contributed by atoms with Gasteiger partial charge < -0.3 is 4.80 Å². The van der Waals surface area contributed by atoms with Gasteiger partial charge in [-0.2, -0.15) is 0 Å². The van der Waals surface area contributed by atoms with Gasteiger partial charge in [0.25, 0.3) is 0 Å². The van der Waals surface area contributed by atoms with Crippen LogP contribution < -0.4 is 5.19 Å². The molecular weight excluding hydrogens is 244 g/mol. The van der Waals surface area contributed by atoms with Crippen molar-refractivity contribution in [1.29, 1.82) is 0 Å². The first-order chi connectivity index (χ1) is 7.11. The summed E-state index contributed by atoms with van der Waals surface area (Å²) in [5.74, 6) is 0. The minimum atomic E-state index is -2.24. The van der Waals surface area contributed by atoms with Crippen LogP contribution in [0.25, 0.3) is 0 Å². The molecule has 0 saturated heterocycles. The quantitative estimate of drug-likeness (QED) is 0.836. The van der Waals surface area contributed by atoms with E-state index in [1.807, 2.05) is 18.2 Å². The van der Waals surface area contributed by atoms with Crippen molar-refractivity contribution < 1.29 is 4.80 Å². The second-order valence-electron chi connectivity index (χ2n) is 6.31. The van der Waals surface area contributed by atoms with Crippen molar-refractivity contribution in [2.75, 3.05) is 0 Å². The monoisotopic (exact) mass is 268 g/mol. The number of benzene rings is 1. The Morgan fingerprint density at radius 1 is 0.812 bits per heavy atom. The molecule has 0 amide bonds. The molecule has 0 aromatic heterocycles. The zero-order valence-electron chi connectivity index (χ0n) is 11.3. The van der Waals surface area contributed by atoms with E-state index in [9.17, 15) is 4.80 Å². The Bertz CT molecular complexity index is 352. The molecule has 1 aromatic rings. The van der Waals surface area contributed by atoms with Crippen LogP contribution in [0.3, 0.4) is 0 Å². The predicted octanol–water partition coefficient (Wildman–Crippen LogP) is 2.66. The van der Waals surface area contributed by atoms with Gasteiger partial charge in [0.05, 0.1) is 7.11 Å². The molecule has 0 saturated carbocycles. The normalized spacial score (nSPS) is 16.9. The Balaban J connectivity index is 3.22. The standard InChI is InChI=1S/C12H24OSi3/c1-14(2,3)15(4,5)16(6,13)12-10-8-7-9-11-12/h7-11,13H,1-6H3. The van der Waals surface area contributed by atoms with Crippen molar-refractivity contribution in [3.05, 3.63) is 30.3 Å². The number of hydrogen-bond acceptors (Lipinski definition) is 1. The molecule has 0 aliphatic carbocycles. The number of hydrogen-bond donors (Lipinski definition) is 1. The molecule has 1 aromatic carbocycles. The second kappa shape index (κ2) is 4.25. The summed E-state index contributed by atoms with van der Waals surface area (Å²) in [4.78, 5) is 11.1. The van der Waals surface area contributed by atoms with Gasteiger partial charge in [-0.25, -0.2) is 0 Å². The lowest BCUT2D eigenvalue weighted by atomic mass is 10.4. The summed E-state index contributed by atoms with van der Waals surface area (Å²) >= 11 is 0. The summed E-state index contributed by atoms with van der Waals surface area (Å²) in [5.41, 5.74) is 0. The maximum atomic E-state index is 11.1. The van der Waals surface area contributed by atoms with E-state index in [4.69, 9.17) is 0 Å². The average Bonchev–Trinajstić information content (AvgIpc) is 2.17. The summed E-state index contributed by atoms with van der Waals surface area (Å²) in [6.07, 6.45) is 0. The van der Waals surface area contributed by atoms with Gasteiger partial charge in [-0.15, -0.1) is 0 Å². The van der Waals surface area contributed by atoms with Gasteiger partial charge in [-0.05, 0) is 11.7 Å². The highest BCUT2D eigenvalue weighted by molar-refractivity contribution is 7.69. The molecule has 16 heavy (non-hydrogen) atoms. The lowest BCUT2D eigenvalue weighted by molar-refractivity contribution is 0.581. The molecule has 1 rings (SSSR count). The van der Waals surface area contributed by atoms with Crippen molar-refractivity contribution >= 4 is 27.7 Å². The van der Waals surface area contributed by atoms with Gasteiger partial charge in [0, 0.05) is 7.59 Å². The Hall–Kier alpha value is -0.169. The fourth-order valence-corrected chi connectivity index (χ4v) is 26.4. The van der Waals surface area contributed by atoms with E-state index in [1.165, 1.54) is 5.19 Å². The average molecular weight is 269 g/mol. The van der Waals surface area contributed by atoms with E-state index < -0.39 is 22.5 Å². The largest absolute Gasteiger partial charge is 0.431 e. The summed E-state index contributed by atoms with van der Waals surface area (Å²) in [5, 5.41) is 1.22. The van der Waals surface area contributed by atoms with Crippen LogP contribution in [0, 0.1) is 0 Å². The van der Waals surface area contributed by atoms with Crippen LogP contribution in [0.1, 0.15) is 0 Å². The van der Waals surface area contributed by atoms with Crippen molar-refractivity contribution in [1.82, 2.24) is 0 Å². The maximum Gasteiger partial charge on any atom is 0.200 e. The lowest BCUT2D eigenvalue weighted by Gasteiger charge is -2.45. The van der Waals surface area contributed by atoms with Crippen LogP contribution in [-0.2, 0) is 0 Å². The summed E-state index contributed by atoms with van der Waals surface area (Å²) in [6.45, 7) is 14.1. The maximum absolute atomic E-state index is 11.1. The van der Waals surface area contributed by atoms with Crippen LogP contribution in [0.15, 0.2) is 30.3 Å². The smallest absolute Gasteiger partial charge is 0.200 e. The van der Waals surface area contributed by atoms with Gasteiger partial charge in [0.1, 0.15) is 0 Å². The van der Waals surface area contributed by atoms with Gasteiger partial charge in [0.2, 0.25) is 0 Å². The van der Waals surface area contributed by atoms with E-state index in [0.29, 0.717) is 0 Å². The molecule has 0 fully saturated rings. The minimum Gasteiger partial charge on any atom is -0.431 e. The van der Waals surface area contributed by atoms with Crippen LogP contribution in [-0.4, -0.2) is 27.3 Å². The van der Waals surface area contributed by atoms with Crippen molar-refractivity contribution in [2.45, 2.75) is 39.3 Å². The molecule has 4 heteroatoms. The fourth-order valence-electron chi connectivity index (χ4n) is 1.85. The van der Waals surface area contributed by atoms with Gasteiger partial charge in [0.15, 0.2) is 7.83 Å². The molecule has 0 radical (unpaired) electrons.